The summed E-state index contributed by atoms with van der Waals surface area (Å²) in [6, 6.07) is 0. The van der Waals surface area contributed by atoms with Gasteiger partial charge in [0.05, 0.1) is 18.6 Å². The van der Waals surface area contributed by atoms with Gasteiger partial charge in [-0.05, 0) is 9.05 Å². The van der Waals surface area contributed by atoms with Crippen molar-refractivity contribution >= 4 is 61.9 Å². The minimum absolute atomic E-state index is 0.0249. The van der Waals surface area contributed by atoms with Crippen molar-refractivity contribution in [3.05, 3.63) is 0 Å². The average molecular weight is 576 g/mol. The Hall–Kier alpha value is -0.330. The summed E-state index contributed by atoms with van der Waals surface area (Å²) in [7, 11) is -4.04. The third kappa shape index (κ3) is 18.6. The van der Waals surface area contributed by atoms with Crippen LogP contribution >= 0.6 is 49.9 Å². The predicted molar refractivity (Wildman–Crippen MR) is 122 cm³/mol. The highest BCUT2D eigenvalue weighted by Gasteiger charge is 2.47. The minimum atomic E-state index is -3.34. The fraction of sp³-hybridized carbons (Fsp3) is 0.846. The van der Waals surface area contributed by atoms with Crippen LogP contribution in [0, 0.1) is 0 Å². The smallest absolute Gasteiger partial charge is 0.448 e. The molecule has 192 valence electrons. The third-order valence-corrected chi connectivity index (χ3v) is 7.59. The van der Waals surface area contributed by atoms with Gasteiger partial charge in [0.2, 0.25) is 5.91 Å². The zero-order chi connectivity index (χ0) is 25.3. The van der Waals surface area contributed by atoms with Crippen molar-refractivity contribution in [3.8, 4) is 0 Å². The van der Waals surface area contributed by atoms with Gasteiger partial charge in [-0.25, -0.2) is 10.6 Å². The molecule has 4 atom stereocenters. The molecule has 0 aromatic carbocycles. The standard InChI is InChI=1S/C13H25N3O12P2S3/c14-16-12(20)26-4-6-32-33-8-10(18)9(17)7-31-5-1-11(19)15-3-2-13(21,27-29(22)23)28-30(24)25/h9-10,17-18,21H,1-8,14H2,(H2-2,15,16,19,20,22,23,24,25)/p+2. The first kappa shape index (κ1) is 32.7. The zero-order valence-corrected chi connectivity index (χ0v) is 21.3. The first-order valence-electron chi connectivity index (χ1n) is 9.00. The van der Waals surface area contributed by atoms with Gasteiger partial charge in [0.1, 0.15) is 6.61 Å². The number of ether oxygens (including phenoxy) is 1. The van der Waals surface area contributed by atoms with Gasteiger partial charge in [0.25, 0.3) is 0 Å². The van der Waals surface area contributed by atoms with Crippen LogP contribution < -0.4 is 16.6 Å². The summed E-state index contributed by atoms with van der Waals surface area (Å²) in [6.07, 6.45) is -3.33. The molecule has 4 unspecified atom stereocenters. The second-order valence-electron chi connectivity index (χ2n) is 5.82. The van der Waals surface area contributed by atoms with E-state index in [9.17, 15) is 34.0 Å². The number of rotatable bonds is 19. The minimum Gasteiger partial charge on any atom is -0.448 e. The van der Waals surface area contributed by atoms with Crippen LogP contribution in [0.25, 0.3) is 0 Å². The monoisotopic (exact) mass is 575 g/mol. The Morgan fingerprint density at radius 3 is 2.21 bits per heavy atom. The van der Waals surface area contributed by atoms with Gasteiger partial charge >= 0.3 is 28.6 Å². The van der Waals surface area contributed by atoms with Gasteiger partial charge in [-0.3, -0.25) is 10.2 Å². The molecule has 0 saturated heterocycles. The lowest BCUT2D eigenvalue weighted by molar-refractivity contribution is -0.275. The Morgan fingerprint density at radius 2 is 1.64 bits per heavy atom. The highest BCUT2D eigenvalue weighted by Crippen LogP contribution is 2.34. The lowest BCUT2D eigenvalue weighted by Crippen LogP contribution is -2.37. The van der Waals surface area contributed by atoms with Crippen molar-refractivity contribution in [2.45, 2.75) is 31.0 Å². The number of hydrazine groups is 1. The van der Waals surface area contributed by atoms with E-state index in [2.05, 4.69) is 19.1 Å². The molecule has 0 fully saturated rings. The van der Waals surface area contributed by atoms with Gasteiger partial charge in [-0.15, -0.1) is 9.79 Å². The van der Waals surface area contributed by atoms with Gasteiger partial charge in [-0.2, -0.15) is 11.8 Å². The summed E-state index contributed by atoms with van der Waals surface area (Å²) in [6.45, 7) is -0.149. The molecule has 0 aliphatic carbocycles. The lowest BCUT2D eigenvalue weighted by Gasteiger charge is -2.17. The number of aliphatic hydroxyl groups excluding tert-OH is 2. The molecule has 0 radical (unpaired) electrons. The van der Waals surface area contributed by atoms with Crippen LogP contribution in [0.3, 0.4) is 0 Å². The summed E-state index contributed by atoms with van der Waals surface area (Å²) < 4.78 is 34.3. The SMILES string of the molecule is NNC(=O)OCCSSCC(O)C(O)CSCCC(=O)NCCC(O)(O[P+](=O)O)O[P+](=O)O. The van der Waals surface area contributed by atoms with E-state index in [0.717, 1.165) is 0 Å². The molecule has 15 nitrogen and oxygen atoms in total. The molecule has 0 bridgehead atoms. The van der Waals surface area contributed by atoms with E-state index in [1.54, 1.807) is 0 Å². The van der Waals surface area contributed by atoms with E-state index in [1.165, 1.54) is 33.3 Å². The number of hydrogen-bond donors (Lipinski definition) is 8. The van der Waals surface area contributed by atoms with E-state index in [0.29, 0.717) is 11.5 Å². The first-order chi connectivity index (χ1) is 15.5. The fourth-order valence-electron chi connectivity index (χ4n) is 1.78. The fourth-order valence-corrected chi connectivity index (χ4v) is 5.53. The highest BCUT2D eigenvalue weighted by molar-refractivity contribution is 8.76. The van der Waals surface area contributed by atoms with Gasteiger partial charge in [-0.1, -0.05) is 21.6 Å². The van der Waals surface area contributed by atoms with E-state index in [4.69, 9.17) is 15.6 Å². The van der Waals surface area contributed by atoms with Crippen molar-refractivity contribution < 1.29 is 57.6 Å². The Kier molecular flexibility index (Phi) is 18.7. The van der Waals surface area contributed by atoms with Crippen LogP contribution in [0.5, 0.6) is 0 Å². The van der Waals surface area contributed by atoms with E-state index < -0.39 is 53.1 Å². The number of carbonyl (C=O) groups excluding carboxylic acids is 2. The highest BCUT2D eigenvalue weighted by atomic mass is 33.1. The molecule has 0 saturated carbocycles. The summed E-state index contributed by atoms with van der Waals surface area (Å²) in [4.78, 5) is 39.8. The first-order valence-corrected chi connectivity index (χ1v) is 14.9. The average Bonchev–Trinajstić information content (AvgIpc) is 2.71. The largest absolute Gasteiger partial charge is 0.700 e. The van der Waals surface area contributed by atoms with E-state index in [1.807, 2.05) is 5.43 Å². The number of hydrogen-bond acceptors (Lipinski definition) is 14. The predicted octanol–water partition coefficient (Wildman–Crippen LogP) is -0.702. The van der Waals surface area contributed by atoms with Crippen LogP contribution in [-0.2, 0) is 27.7 Å². The van der Waals surface area contributed by atoms with E-state index >= 15 is 0 Å². The second-order valence-corrected chi connectivity index (χ2v) is 10.9. The molecule has 2 amide bonds. The summed E-state index contributed by atoms with van der Waals surface area (Å²) in [5.41, 5.74) is 1.81. The number of carbonyl (C=O) groups is 2. The van der Waals surface area contributed by atoms with Crippen LogP contribution in [0.2, 0.25) is 0 Å². The molecular formula is C13H27N3O12P2S3+2. The van der Waals surface area contributed by atoms with Gasteiger partial charge < -0.3 is 25.4 Å². The van der Waals surface area contributed by atoms with E-state index in [-0.39, 0.29) is 31.1 Å². The number of thioether (sulfide) groups is 1. The molecule has 0 aliphatic rings. The van der Waals surface area contributed by atoms with Crippen LogP contribution in [0.4, 0.5) is 4.79 Å². The molecule has 0 heterocycles. The molecule has 9 N–H and O–H groups in total. The third-order valence-electron chi connectivity index (χ3n) is 3.25. The maximum absolute atomic E-state index is 11.8. The summed E-state index contributed by atoms with van der Waals surface area (Å²) in [5, 5.41) is 32.0. The van der Waals surface area contributed by atoms with Crippen molar-refractivity contribution in [1.29, 1.82) is 0 Å². The van der Waals surface area contributed by atoms with Crippen molar-refractivity contribution in [1.82, 2.24) is 10.7 Å². The van der Waals surface area contributed by atoms with Crippen molar-refractivity contribution in [2.24, 2.45) is 5.84 Å². The Bertz CT molecular complexity index is 623. The second kappa shape index (κ2) is 18.9. The van der Waals surface area contributed by atoms with Crippen molar-refractivity contribution in [2.75, 3.05) is 36.2 Å². The maximum Gasteiger partial charge on any atom is 0.700 e. The summed E-state index contributed by atoms with van der Waals surface area (Å²) in [5.74, 6) is 2.75. The maximum atomic E-state index is 11.8. The number of aliphatic hydroxyl groups is 3. The molecular weight excluding hydrogens is 548 g/mol. The number of nitrogens with one attached hydrogen (secondary N) is 2. The number of nitrogens with two attached hydrogens (primary N) is 1. The molecule has 33 heavy (non-hydrogen) atoms. The quantitative estimate of drug-likeness (QED) is 0.0180. The normalized spacial score (nSPS) is 15.7. The van der Waals surface area contributed by atoms with Gasteiger partial charge in [0, 0.05) is 45.1 Å². The topological polar surface area (TPSA) is 247 Å². The van der Waals surface area contributed by atoms with Gasteiger partial charge in [0.15, 0.2) is 0 Å². The molecule has 0 aromatic rings. The Morgan fingerprint density at radius 1 is 1.03 bits per heavy atom. The lowest BCUT2D eigenvalue weighted by atomic mass is 10.3. The molecule has 0 aromatic heterocycles. The molecule has 0 rings (SSSR count). The molecule has 20 heteroatoms. The van der Waals surface area contributed by atoms with Crippen LogP contribution in [0.15, 0.2) is 0 Å². The molecule has 0 aliphatic heterocycles. The van der Waals surface area contributed by atoms with Crippen LogP contribution in [0.1, 0.15) is 12.8 Å². The molecule has 0 spiro atoms. The zero-order valence-electron chi connectivity index (χ0n) is 17.1. The Labute approximate surface area is 203 Å². The Balaban J connectivity index is 3.94. The van der Waals surface area contributed by atoms with Crippen LogP contribution in [-0.4, -0.2) is 91.5 Å². The van der Waals surface area contributed by atoms with Crippen molar-refractivity contribution in [3.63, 3.8) is 0 Å². The summed E-state index contributed by atoms with van der Waals surface area (Å²) >= 11 is 1.22. The number of amides is 2.